The minimum absolute atomic E-state index is 0.164. The van der Waals surface area contributed by atoms with Gasteiger partial charge < -0.3 is 20.1 Å². The van der Waals surface area contributed by atoms with Gasteiger partial charge in [0.25, 0.3) is 0 Å². The Labute approximate surface area is 178 Å². The van der Waals surface area contributed by atoms with Gasteiger partial charge in [0, 0.05) is 23.6 Å². The molecule has 0 atom stereocenters. The molecule has 0 unspecified atom stereocenters. The average Bonchev–Trinajstić information content (AvgIpc) is 3.20. The van der Waals surface area contributed by atoms with Crippen molar-refractivity contribution in [3.63, 3.8) is 0 Å². The first-order chi connectivity index (χ1) is 14.6. The van der Waals surface area contributed by atoms with Gasteiger partial charge in [0.05, 0.1) is 25.6 Å². The van der Waals surface area contributed by atoms with Crippen LogP contribution in [0.25, 0.3) is 0 Å². The first kappa shape index (κ1) is 21.1. The first-order valence-electron chi connectivity index (χ1n) is 9.16. The smallest absolute Gasteiger partial charge is 0.325 e. The summed E-state index contributed by atoms with van der Waals surface area (Å²) in [6.45, 7) is 0. The maximum Gasteiger partial charge on any atom is 0.325 e. The highest BCUT2D eigenvalue weighted by Gasteiger charge is 2.11. The van der Waals surface area contributed by atoms with Crippen LogP contribution in [0.1, 0.15) is 12.1 Å². The van der Waals surface area contributed by atoms with Gasteiger partial charge in [-0.05, 0) is 30.7 Å². The van der Waals surface area contributed by atoms with Crippen molar-refractivity contribution in [2.24, 2.45) is 0 Å². The minimum atomic E-state index is -0.369. The molecule has 1 heterocycles. The molecule has 0 bridgehead atoms. The van der Waals surface area contributed by atoms with Gasteiger partial charge in [0.15, 0.2) is 5.13 Å². The van der Waals surface area contributed by atoms with Gasteiger partial charge in [-0.3, -0.25) is 10.1 Å². The third-order valence-corrected chi connectivity index (χ3v) is 4.90. The summed E-state index contributed by atoms with van der Waals surface area (Å²) >= 11 is 1.31. The third kappa shape index (κ3) is 5.95. The molecule has 1 aromatic heterocycles. The van der Waals surface area contributed by atoms with E-state index in [9.17, 15) is 9.59 Å². The number of para-hydroxylation sites is 1. The van der Waals surface area contributed by atoms with Gasteiger partial charge in [0.1, 0.15) is 11.5 Å². The van der Waals surface area contributed by atoms with Gasteiger partial charge in [-0.15, -0.1) is 11.3 Å². The number of hydrogen-bond donors (Lipinski definition) is 3. The number of ether oxygens (including phenoxy) is 2. The molecule has 3 amide bonds. The predicted octanol–water partition coefficient (Wildman–Crippen LogP) is 4.38. The van der Waals surface area contributed by atoms with Gasteiger partial charge >= 0.3 is 6.03 Å². The molecule has 0 saturated heterocycles. The van der Waals surface area contributed by atoms with Crippen LogP contribution in [-0.2, 0) is 11.2 Å². The molecule has 0 spiro atoms. The molecule has 0 radical (unpaired) electrons. The predicted molar refractivity (Wildman–Crippen MR) is 118 cm³/mol. The number of nitrogens with zero attached hydrogens (tertiary/aromatic N) is 1. The second-order valence-electron chi connectivity index (χ2n) is 6.20. The van der Waals surface area contributed by atoms with E-state index in [2.05, 4.69) is 20.9 Å². The van der Waals surface area contributed by atoms with E-state index in [0.717, 1.165) is 5.69 Å². The molecular weight excluding hydrogens is 404 g/mol. The zero-order valence-electron chi connectivity index (χ0n) is 16.6. The van der Waals surface area contributed by atoms with E-state index in [-0.39, 0.29) is 18.4 Å². The van der Waals surface area contributed by atoms with Crippen molar-refractivity contribution < 1.29 is 19.1 Å². The number of aromatic nitrogens is 1. The molecule has 30 heavy (non-hydrogen) atoms. The summed E-state index contributed by atoms with van der Waals surface area (Å²) in [6.07, 6.45) is 0.692. The van der Waals surface area contributed by atoms with Gasteiger partial charge in [-0.25, -0.2) is 9.78 Å². The van der Waals surface area contributed by atoms with Gasteiger partial charge in [-0.1, -0.05) is 18.2 Å². The van der Waals surface area contributed by atoms with E-state index in [4.69, 9.17) is 9.47 Å². The Morgan fingerprint density at radius 1 is 1.00 bits per heavy atom. The second kappa shape index (κ2) is 10.3. The molecule has 3 rings (SSSR count). The number of amides is 3. The van der Waals surface area contributed by atoms with Crippen LogP contribution in [0.15, 0.2) is 53.9 Å². The third-order valence-electron chi connectivity index (χ3n) is 4.09. The summed E-state index contributed by atoms with van der Waals surface area (Å²) < 4.78 is 10.4. The van der Waals surface area contributed by atoms with Crippen molar-refractivity contribution in [1.29, 1.82) is 0 Å². The van der Waals surface area contributed by atoms with Crippen LogP contribution in [0.4, 0.5) is 21.3 Å². The van der Waals surface area contributed by atoms with E-state index in [1.807, 2.05) is 23.6 Å². The molecule has 3 aromatic rings. The number of benzene rings is 2. The van der Waals surface area contributed by atoms with E-state index in [1.54, 1.807) is 37.4 Å². The molecule has 2 aromatic carbocycles. The fourth-order valence-corrected chi connectivity index (χ4v) is 3.36. The maximum absolute atomic E-state index is 12.3. The molecule has 3 N–H and O–H groups in total. The summed E-state index contributed by atoms with van der Waals surface area (Å²) in [4.78, 5) is 28.7. The van der Waals surface area contributed by atoms with Crippen LogP contribution in [0.2, 0.25) is 0 Å². The number of thiazole rings is 1. The fraction of sp³-hybridized carbons (Fsp3) is 0.190. The SMILES string of the molecule is COc1ccc(NC(=O)CCc2csc(NC(=O)Nc3ccccc3)n2)c(OC)c1. The van der Waals surface area contributed by atoms with Crippen molar-refractivity contribution in [2.45, 2.75) is 12.8 Å². The number of carbonyl (C=O) groups is 2. The average molecular weight is 426 g/mol. The number of hydrogen-bond acceptors (Lipinski definition) is 6. The fourth-order valence-electron chi connectivity index (χ4n) is 2.62. The number of aryl methyl sites for hydroxylation is 1. The molecule has 156 valence electrons. The van der Waals surface area contributed by atoms with E-state index in [0.29, 0.717) is 34.4 Å². The lowest BCUT2D eigenvalue weighted by atomic mass is 10.2. The van der Waals surface area contributed by atoms with Crippen LogP contribution in [0, 0.1) is 0 Å². The number of urea groups is 1. The van der Waals surface area contributed by atoms with Crippen LogP contribution >= 0.6 is 11.3 Å². The molecule has 9 heteroatoms. The quantitative estimate of drug-likeness (QED) is 0.496. The van der Waals surface area contributed by atoms with E-state index >= 15 is 0 Å². The lowest BCUT2D eigenvalue weighted by Crippen LogP contribution is -2.19. The van der Waals surface area contributed by atoms with Crippen LogP contribution in [-0.4, -0.2) is 31.1 Å². The molecule has 0 aliphatic carbocycles. The summed E-state index contributed by atoms with van der Waals surface area (Å²) in [5.74, 6) is 0.999. The Morgan fingerprint density at radius 2 is 1.80 bits per heavy atom. The largest absolute Gasteiger partial charge is 0.497 e. The number of rotatable bonds is 8. The first-order valence-corrected chi connectivity index (χ1v) is 10.0. The Balaban J connectivity index is 1.49. The minimum Gasteiger partial charge on any atom is -0.497 e. The lowest BCUT2D eigenvalue weighted by molar-refractivity contribution is -0.116. The number of nitrogens with one attached hydrogen (secondary N) is 3. The van der Waals surface area contributed by atoms with Gasteiger partial charge in [0.2, 0.25) is 5.91 Å². The van der Waals surface area contributed by atoms with Crippen molar-refractivity contribution >= 4 is 39.8 Å². The van der Waals surface area contributed by atoms with Crippen molar-refractivity contribution in [2.75, 3.05) is 30.2 Å². The van der Waals surface area contributed by atoms with Crippen molar-refractivity contribution in [1.82, 2.24) is 4.98 Å². The lowest BCUT2D eigenvalue weighted by Gasteiger charge is -2.11. The maximum atomic E-state index is 12.3. The summed E-state index contributed by atoms with van der Waals surface area (Å²) in [7, 11) is 3.09. The molecule has 8 nitrogen and oxygen atoms in total. The van der Waals surface area contributed by atoms with Crippen LogP contribution < -0.4 is 25.4 Å². The van der Waals surface area contributed by atoms with E-state index < -0.39 is 0 Å². The number of carbonyl (C=O) groups excluding carboxylic acids is 2. The zero-order valence-corrected chi connectivity index (χ0v) is 17.4. The zero-order chi connectivity index (χ0) is 21.3. The summed E-state index contributed by atoms with van der Waals surface area (Å²) in [5.41, 5.74) is 1.99. The number of methoxy groups -OCH3 is 2. The van der Waals surface area contributed by atoms with E-state index in [1.165, 1.54) is 18.4 Å². The summed E-state index contributed by atoms with van der Waals surface area (Å²) in [5, 5.41) is 10.5. The number of anilines is 3. The van der Waals surface area contributed by atoms with Gasteiger partial charge in [-0.2, -0.15) is 0 Å². The highest BCUT2D eigenvalue weighted by Crippen LogP contribution is 2.29. The second-order valence-corrected chi connectivity index (χ2v) is 7.06. The molecule has 0 aliphatic heterocycles. The van der Waals surface area contributed by atoms with Crippen molar-refractivity contribution in [3.8, 4) is 11.5 Å². The molecule has 0 saturated carbocycles. The molecule has 0 fully saturated rings. The standard InChI is InChI=1S/C21H22N4O4S/c1-28-16-9-10-17(18(12-16)29-2)24-19(26)11-8-15-13-30-21(23-15)25-20(27)22-14-6-4-3-5-7-14/h3-7,9-10,12-13H,8,11H2,1-2H3,(H,24,26)(H2,22,23,25,27). The summed E-state index contributed by atoms with van der Waals surface area (Å²) in [6, 6.07) is 13.9. The van der Waals surface area contributed by atoms with Crippen LogP contribution in [0.5, 0.6) is 11.5 Å². The molecule has 0 aliphatic rings. The molecular formula is C21H22N4O4S. The monoisotopic (exact) mass is 426 g/mol. The highest BCUT2D eigenvalue weighted by molar-refractivity contribution is 7.13. The normalized spacial score (nSPS) is 10.2. The Kier molecular flexibility index (Phi) is 7.23. The highest BCUT2D eigenvalue weighted by atomic mass is 32.1. The Hall–Kier alpha value is -3.59. The van der Waals surface area contributed by atoms with Crippen molar-refractivity contribution in [3.05, 3.63) is 59.6 Å². The Bertz CT molecular complexity index is 1010. The topological polar surface area (TPSA) is 102 Å². The Morgan fingerprint density at radius 3 is 2.53 bits per heavy atom. The van der Waals surface area contributed by atoms with Crippen LogP contribution in [0.3, 0.4) is 0 Å².